The second-order valence-electron chi connectivity index (χ2n) is 6.77. The van der Waals surface area contributed by atoms with E-state index in [1.807, 2.05) is 30.3 Å². The van der Waals surface area contributed by atoms with Crippen LogP contribution in [0.25, 0.3) is 0 Å². The summed E-state index contributed by atoms with van der Waals surface area (Å²) in [5.41, 5.74) is 7.38. The molecule has 2 heterocycles. The number of amides is 4. The van der Waals surface area contributed by atoms with Crippen LogP contribution in [0.4, 0.5) is 4.79 Å². The van der Waals surface area contributed by atoms with Gasteiger partial charge in [-0.3, -0.25) is 14.5 Å². The van der Waals surface area contributed by atoms with Crippen LogP contribution >= 0.6 is 12.4 Å². The molecule has 2 atom stereocenters. The lowest BCUT2D eigenvalue weighted by molar-refractivity contribution is -0.131. The van der Waals surface area contributed by atoms with Crippen molar-refractivity contribution in [2.24, 2.45) is 5.73 Å². The monoisotopic (exact) mass is 380 g/mol. The van der Waals surface area contributed by atoms with E-state index in [-0.39, 0.29) is 55.3 Å². The minimum atomic E-state index is -0.287. The van der Waals surface area contributed by atoms with Crippen molar-refractivity contribution >= 4 is 30.3 Å². The Morgan fingerprint density at radius 1 is 1.19 bits per heavy atom. The predicted molar refractivity (Wildman–Crippen MR) is 100.0 cm³/mol. The molecule has 3 rings (SSSR count). The fourth-order valence-corrected chi connectivity index (χ4v) is 3.52. The first-order valence-electron chi connectivity index (χ1n) is 8.61. The molecule has 1 aromatic rings. The van der Waals surface area contributed by atoms with Crippen LogP contribution in [0.3, 0.4) is 0 Å². The van der Waals surface area contributed by atoms with Gasteiger partial charge in [-0.2, -0.15) is 0 Å². The van der Waals surface area contributed by atoms with Crippen molar-refractivity contribution in [1.82, 2.24) is 14.7 Å². The van der Waals surface area contributed by atoms with Gasteiger partial charge in [-0.1, -0.05) is 30.3 Å². The van der Waals surface area contributed by atoms with E-state index >= 15 is 0 Å². The number of hydrogen-bond acceptors (Lipinski definition) is 4. The van der Waals surface area contributed by atoms with Gasteiger partial charge in [-0.05, 0) is 12.0 Å². The van der Waals surface area contributed by atoms with E-state index in [1.54, 1.807) is 11.9 Å². The van der Waals surface area contributed by atoms with E-state index in [0.717, 1.165) is 5.56 Å². The Morgan fingerprint density at radius 2 is 1.88 bits per heavy atom. The molecule has 1 aromatic carbocycles. The average molecular weight is 381 g/mol. The van der Waals surface area contributed by atoms with Gasteiger partial charge in [0.05, 0.1) is 0 Å². The Morgan fingerprint density at radius 3 is 2.50 bits per heavy atom. The number of halogens is 1. The third kappa shape index (κ3) is 4.16. The SMILES string of the molecule is CN1CC(=O)N(CCCC(=O)N2C[C@@H](N)[C@H](c3ccccc3)C2)C1=O.Cl. The summed E-state index contributed by atoms with van der Waals surface area (Å²) in [5, 5.41) is 0. The highest BCUT2D eigenvalue weighted by atomic mass is 35.5. The molecule has 0 spiro atoms. The number of likely N-dealkylation sites (tertiary alicyclic amines) is 1. The topological polar surface area (TPSA) is 87.0 Å². The normalized spacial score (nSPS) is 22.8. The zero-order valence-corrected chi connectivity index (χ0v) is 15.7. The molecule has 142 valence electrons. The fraction of sp³-hybridized carbons (Fsp3) is 0.500. The summed E-state index contributed by atoms with van der Waals surface area (Å²) < 4.78 is 0. The largest absolute Gasteiger partial charge is 0.340 e. The molecule has 2 aliphatic heterocycles. The molecule has 2 fully saturated rings. The first kappa shape index (κ1) is 20.2. The lowest BCUT2D eigenvalue weighted by Crippen LogP contribution is -2.34. The summed E-state index contributed by atoms with van der Waals surface area (Å²) >= 11 is 0. The molecule has 26 heavy (non-hydrogen) atoms. The molecule has 2 N–H and O–H groups in total. The summed E-state index contributed by atoms with van der Waals surface area (Å²) in [7, 11) is 1.60. The van der Waals surface area contributed by atoms with Crippen molar-refractivity contribution in [3.8, 4) is 0 Å². The number of imide groups is 1. The van der Waals surface area contributed by atoms with Crippen molar-refractivity contribution in [3.63, 3.8) is 0 Å². The van der Waals surface area contributed by atoms with E-state index < -0.39 is 0 Å². The first-order chi connectivity index (χ1) is 12.0. The lowest BCUT2D eigenvalue weighted by atomic mass is 9.95. The van der Waals surface area contributed by atoms with E-state index in [0.29, 0.717) is 25.9 Å². The van der Waals surface area contributed by atoms with Gasteiger partial charge < -0.3 is 15.5 Å². The van der Waals surface area contributed by atoms with Gasteiger partial charge in [0.25, 0.3) is 0 Å². The number of rotatable bonds is 5. The quantitative estimate of drug-likeness (QED) is 0.773. The van der Waals surface area contributed by atoms with Crippen molar-refractivity contribution in [2.75, 3.05) is 33.2 Å². The van der Waals surface area contributed by atoms with Crippen LogP contribution in [0.5, 0.6) is 0 Å². The van der Waals surface area contributed by atoms with Crippen molar-refractivity contribution in [3.05, 3.63) is 35.9 Å². The number of carbonyl (C=O) groups excluding carboxylic acids is 3. The second-order valence-corrected chi connectivity index (χ2v) is 6.77. The van der Waals surface area contributed by atoms with Gasteiger partial charge in [0, 0.05) is 45.1 Å². The van der Waals surface area contributed by atoms with Crippen LogP contribution in [0.1, 0.15) is 24.3 Å². The molecule has 0 radical (unpaired) electrons. The Kier molecular flexibility index (Phi) is 6.61. The number of benzene rings is 1. The Bertz CT molecular complexity index is 670. The van der Waals surface area contributed by atoms with Crippen LogP contribution in [-0.2, 0) is 9.59 Å². The van der Waals surface area contributed by atoms with Crippen LogP contribution in [0, 0.1) is 0 Å². The molecule has 0 saturated carbocycles. The second kappa shape index (κ2) is 8.51. The summed E-state index contributed by atoms with van der Waals surface area (Å²) in [6.07, 6.45) is 0.793. The Balaban J connectivity index is 0.00000243. The molecule has 2 saturated heterocycles. The van der Waals surface area contributed by atoms with Gasteiger partial charge in [-0.25, -0.2) is 4.79 Å². The third-order valence-electron chi connectivity index (χ3n) is 4.95. The predicted octanol–water partition coefficient (Wildman–Crippen LogP) is 1.04. The van der Waals surface area contributed by atoms with Gasteiger partial charge in [0.15, 0.2) is 0 Å². The number of likely N-dealkylation sites (N-methyl/N-ethyl adjacent to an activating group) is 1. The van der Waals surface area contributed by atoms with E-state index in [9.17, 15) is 14.4 Å². The Labute approximate surface area is 159 Å². The summed E-state index contributed by atoms with van der Waals surface area (Å²) in [6, 6.07) is 9.65. The molecule has 0 unspecified atom stereocenters. The highest BCUT2D eigenvalue weighted by molar-refractivity contribution is 6.01. The highest BCUT2D eigenvalue weighted by Gasteiger charge is 2.35. The van der Waals surface area contributed by atoms with E-state index in [1.165, 1.54) is 9.80 Å². The highest BCUT2D eigenvalue weighted by Crippen LogP contribution is 2.26. The maximum atomic E-state index is 12.4. The summed E-state index contributed by atoms with van der Waals surface area (Å²) in [6.45, 7) is 1.57. The first-order valence-corrected chi connectivity index (χ1v) is 8.61. The van der Waals surface area contributed by atoms with Crippen molar-refractivity contribution in [2.45, 2.75) is 24.8 Å². The van der Waals surface area contributed by atoms with Gasteiger partial charge in [0.2, 0.25) is 11.8 Å². The van der Waals surface area contributed by atoms with Crippen LogP contribution < -0.4 is 5.73 Å². The maximum absolute atomic E-state index is 12.4. The summed E-state index contributed by atoms with van der Waals surface area (Å²) in [4.78, 5) is 40.4. The molecule has 0 aromatic heterocycles. The fourth-order valence-electron chi connectivity index (χ4n) is 3.52. The standard InChI is InChI=1S/C18H24N4O3.ClH/c1-20-12-17(24)22(18(20)25)9-5-8-16(23)21-10-14(15(19)11-21)13-6-3-2-4-7-13;/h2-4,6-7,14-15H,5,8-12,19H2,1H3;1H/t14-,15+;/m0./s1. The maximum Gasteiger partial charge on any atom is 0.326 e. The lowest BCUT2D eigenvalue weighted by Gasteiger charge is -2.18. The third-order valence-corrected chi connectivity index (χ3v) is 4.95. The van der Waals surface area contributed by atoms with E-state index in [2.05, 4.69) is 0 Å². The molecule has 0 bridgehead atoms. The van der Waals surface area contributed by atoms with Gasteiger partial charge in [-0.15, -0.1) is 12.4 Å². The van der Waals surface area contributed by atoms with E-state index in [4.69, 9.17) is 5.73 Å². The smallest absolute Gasteiger partial charge is 0.326 e. The molecule has 2 aliphatic rings. The summed E-state index contributed by atoms with van der Waals surface area (Å²) in [5.74, 6) is -0.0193. The zero-order chi connectivity index (χ0) is 18.0. The molecular weight excluding hydrogens is 356 g/mol. The number of nitrogens with zero attached hydrogens (tertiary/aromatic N) is 3. The number of nitrogens with two attached hydrogens (primary N) is 1. The molecule has 8 heteroatoms. The molecule has 0 aliphatic carbocycles. The number of urea groups is 1. The van der Waals surface area contributed by atoms with Crippen LogP contribution in [0.2, 0.25) is 0 Å². The number of carbonyl (C=O) groups is 3. The average Bonchev–Trinajstić information content (AvgIpc) is 3.10. The molecular formula is C18H25ClN4O3. The number of hydrogen-bond donors (Lipinski definition) is 1. The zero-order valence-electron chi connectivity index (χ0n) is 14.8. The van der Waals surface area contributed by atoms with Crippen LogP contribution in [-0.4, -0.2) is 71.8 Å². The van der Waals surface area contributed by atoms with Crippen LogP contribution in [0.15, 0.2) is 30.3 Å². The minimum absolute atomic E-state index is 0. The van der Waals surface area contributed by atoms with Crippen molar-refractivity contribution < 1.29 is 14.4 Å². The Hall–Kier alpha value is -2.12. The minimum Gasteiger partial charge on any atom is -0.340 e. The molecule has 4 amide bonds. The molecule has 7 nitrogen and oxygen atoms in total. The van der Waals surface area contributed by atoms with Crippen molar-refractivity contribution in [1.29, 1.82) is 0 Å². The van der Waals surface area contributed by atoms with Gasteiger partial charge in [0.1, 0.15) is 6.54 Å². The van der Waals surface area contributed by atoms with Gasteiger partial charge >= 0.3 is 6.03 Å².